The lowest BCUT2D eigenvalue weighted by Crippen LogP contribution is -2.27. The summed E-state index contributed by atoms with van der Waals surface area (Å²) in [5, 5.41) is 3.57. The van der Waals surface area contributed by atoms with Gasteiger partial charge >= 0.3 is 0 Å². The van der Waals surface area contributed by atoms with Gasteiger partial charge in [-0.25, -0.2) is 19.9 Å². The van der Waals surface area contributed by atoms with Crippen molar-refractivity contribution in [2.75, 3.05) is 43.6 Å². The highest BCUT2D eigenvalue weighted by Gasteiger charge is 2.24. The van der Waals surface area contributed by atoms with Crippen LogP contribution in [0.3, 0.4) is 0 Å². The first-order chi connectivity index (χ1) is 12.7. The number of anilines is 2. The van der Waals surface area contributed by atoms with Crippen LogP contribution in [0.15, 0.2) is 12.4 Å². The highest BCUT2D eigenvalue weighted by molar-refractivity contribution is 5.52. The molecule has 2 aliphatic rings. The first-order valence-electron chi connectivity index (χ1n) is 9.05. The molecule has 138 valence electrons. The molecule has 0 radical (unpaired) electrons. The Morgan fingerprint density at radius 1 is 1.19 bits per heavy atom. The monoisotopic (exact) mass is 356 g/mol. The maximum atomic E-state index is 5.49. The van der Waals surface area contributed by atoms with Crippen LogP contribution in [0.25, 0.3) is 0 Å². The molecule has 1 N–H and O–H groups in total. The number of aryl methyl sites for hydroxylation is 1. The highest BCUT2D eigenvalue weighted by atomic mass is 16.5. The van der Waals surface area contributed by atoms with E-state index in [1.165, 1.54) is 5.56 Å². The van der Waals surface area contributed by atoms with Crippen LogP contribution in [0, 0.1) is 6.92 Å². The van der Waals surface area contributed by atoms with Gasteiger partial charge in [0.1, 0.15) is 11.6 Å². The summed E-state index contributed by atoms with van der Waals surface area (Å²) in [5.41, 5.74) is 2.32. The zero-order chi connectivity index (χ0) is 17.9. The van der Waals surface area contributed by atoms with Crippen molar-refractivity contribution in [1.29, 1.82) is 0 Å². The van der Waals surface area contributed by atoms with E-state index in [1.807, 2.05) is 6.92 Å². The molecule has 0 aliphatic carbocycles. The van der Waals surface area contributed by atoms with E-state index in [9.17, 15) is 0 Å². The molecule has 1 fully saturated rings. The molecule has 2 aliphatic heterocycles. The summed E-state index contributed by atoms with van der Waals surface area (Å²) < 4.78 is 10.9. The fraction of sp³-hybridized carbons (Fsp3) is 0.556. The van der Waals surface area contributed by atoms with Gasteiger partial charge in [0, 0.05) is 44.1 Å². The quantitative estimate of drug-likeness (QED) is 0.880. The van der Waals surface area contributed by atoms with Gasteiger partial charge in [-0.15, -0.1) is 0 Å². The lowest BCUT2D eigenvalue weighted by atomic mass is 10.1. The third-order valence-corrected chi connectivity index (χ3v) is 4.86. The Kier molecular flexibility index (Phi) is 4.83. The second-order valence-electron chi connectivity index (χ2n) is 6.63. The minimum Gasteiger partial charge on any atom is -0.478 e. The van der Waals surface area contributed by atoms with Crippen molar-refractivity contribution in [3.8, 4) is 5.88 Å². The summed E-state index contributed by atoms with van der Waals surface area (Å²) in [6.07, 6.45) is 6.06. The molecule has 4 rings (SSSR count). The molecule has 0 bridgehead atoms. The van der Waals surface area contributed by atoms with Crippen LogP contribution in [0.4, 0.5) is 11.6 Å². The molecule has 4 heterocycles. The summed E-state index contributed by atoms with van der Waals surface area (Å²) in [4.78, 5) is 20.3. The molecule has 2 aromatic heterocycles. The first kappa shape index (κ1) is 17.0. The van der Waals surface area contributed by atoms with Gasteiger partial charge in [-0.2, -0.15) is 0 Å². The van der Waals surface area contributed by atoms with Gasteiger partial charge in [0.2, 0.25) is 0 Å². The van der Waals surface area contributed by atoms with Gasteiger partial charge in [0.15, 0.2) is 5.82 Å². The number of nitrogens with one attached hydrogen (secondary N) is 1. The van der Waals surface area contributed by atoms with Gasteiger partial charge in [-0.1, -0.05) is 0 Å². The van der Waals surface area contributed by atoms with E-state index in [-0.39, 0.29) is 0 Å². The fourth-order valence-electron chi connectivity index (χ4n) is 3.57. The van der Waals surface area contributed by atoms with E-state index in [1.54, 1.807) is 19.5 Å². The number of methoxy groups -OCH3 is 1. The number of nitrogens with zero attached hydrogens (tertiary/aromatic N) is 5. The number of hydrogen-bond acceptors (Lipinski definition) is 8. The smallest absolute Gasteiger partial charge is 0.257 e. The Balaban J connectivity index is 1.59. The summed E-state index contributed by atoms with van der Waals surface area (Å²) in [5.74, 6) is 3.10. The maximum absolute atomic E-state index is 5.49. The third-order valence-electron chi connectivity index (χ3n) is 4.86. The van der Waals surface area contributed by atoms with Crippen molar-refractivity contribution < 1.29 is 9.47 Å². The molecule has 26 heavy (non-hydrogen) atoms. The molecule has 8 heteroatoms. The van der Waals surface area contributed by atoms with Crippen molar-refractivity contribution in [2.24, 2.45) is 0 Å². The second-order valence-corrected chi connectivity index (χ2v) is 6.63. The van der Waals surface area contributed by atoms with Crippen LogP contribution in [-0.4, -0.2) is 59.4 Å². The predicted molar refractivity (Wildman–Crippen MR) is 97.8 cm³/mol. The number of fused-ring (bicyclic) bond motifs is 1. The van der Waals surface area contributed by atoms with Gasteiger partial charge in [-0.05, 0) is 19.8 Å². The maximum Gasteiger partial charge on any atom is 0.257 e. The minimum atomic E-state index is 0.327. The number of aromatic nitrogens is 4. The van der Waals surface area contributed by atoms with Crippen LogP contribution in [0.5, 0.6) is 5.88 Å². The van der Waals surface area contributed by atoms with Gasteiger partial charge < -0.3 is 19.7 Å². The number of ether oxygens (including phenoxy) is 2. The molecule has 0 saturated carbocycles. The van der Waals surface area contributed by atoms with E-state index in [0.717, 1.165) is 68.7 Å². The van der Waals surface area contributed by atoms with Gasteiger partial charge in [-0.3, -0.25) is 0 Å². The SMILES string of the molecule is COc1nccnc1N1CCc2nc(C)nc(N[C@@H]3CCOC3)c2CC1. The highest BCUT2D eigenvalue weighted by Crippen LogP contribution is 2.28. The minimum absolute atomic E-state index is 0.327. The van der Waals surface area contributed by atoms with Crippen LogP contribution in [-0.2, 0) is 17.6 Å². The molecule has 1 atom stereocenters. The Bertz CT molecular complexity index is 778. The lowest BCUT2D eigenvalue weighted by molar-refractivity contribution is 0.195. The molecule has 0 amide bonds. The van der Waals surface area contributed by atoms with E-state index in [0.29, 0.717) is 11.9 Å². The van der Waals surface area contributed by atoms with Crippen molar-refractivity contribution >= 4 is 11.6 Å². The van der Waals surface area contributed by atoms with Crippen molar-refractivity contribution in [3.05, 3.63) is 29.5 Å². The molecule has 0 spiro atoms. The standard InChI is InChI=1S/C18H24N6O2/c1-12-21-15-4-9-24(17-18(25-2)20-7-6-19-17)8-3-14(15)16(22-12)23-13-5-10-26-11-13/h6-7,13H,3-5,8-11H2,1-2H3,(H,21,22,23)/t13-/m1/s1. The summed E-state index contributed by atoms with van der Waals surface area (Å²) in [6, 6.07) is 0.327. The molecule has 2 aromatic rings. The molecule has 1 saturated heterocycles. The average Bonchev–Trinajstić information content (AvgIpc) is 3.07. The van der Waals surface area contributed by atoms with Crippen molar-refractivity contribution in [2.45, 2.75) is 32.2 Å². The molecule has 0 unspecified atom stereocenters. The number of rotatable bonds is 4. The van der Waals surface area contributed by atoms with Crippen molar-refractivity contribution in [3.63, 3.8) is 0 Å². The Labute approximate surface area is 153 Å². The molecule has 0 aromatic carbocycles. The van der Waals surface area contributed by atoms with Crippen LogP contribution in [0.1, 0.15) is 23.5 Å². The van der Waals surface area contributed by atoms with E-state index in [4.69, 9.17) is 14.5 Å². The molecule has 8 nitrogen and oxygen atoms in total. The number of hydrogen-bond donors (Lipinski definition) is 1. The summed E-state index contributed by atoms with van der Waals surface area (Å²) >= 11 is 0. The van der Waals surface area contributed by atoms with E-state index < -0.39 is 0 Å². The van der Waals surface area contributed by atoms with Gasteiger partial charge in [0.25, 0.3) is 5.88 Å². The second kappa shape index (κ2) is 7.41. The Hall–Kier alpha value is -2.48. The van der Waals surface area contributed by atoms with E-state index in [2.05, 4.69) is 25.2 Å². The zero-order valence-corrected chi connectivity index (χ0v) is 15.2. The average molecular weight is 356 g/mol. The molecular weight excluding hydrogens is 332 g/mol. The summed E-state index contributed by atoms with van der Waals surface area (Å²) in [6.45, 7) is 5.14. The fourth-order valence-corrected chi connectivity index (χ4v) is 3.57. The van der Waals surface area contributed by atoms with Crippen LogP contribution in [0.2, 0.25) is 0 Å². The Morgan fingerprint density at radius 2 is 2.04 bits per heavy atom. The first-order valence-corrected chi connectivity index (χ1v) is 9.05. The van der Waals surface area contributed by atoms with E-state index >= 15 is 0 Å². The largest absolute Gasteiger partial charge is 0.478 e. The van der Waals surface area contributed by atoms with Crippen LogP contribution >= 0.6 is 0 Å². The predicted octanol–water partition coefficient (Wildman–Crippen LogP) is 1.39. The third kappa shape index (κ3) is 3.41. The zero-order valence-electron chi connectivity index (χ0n) is 15.2. The lowest BCUT2D eigenvalue weighted by Gasteiger charge is -2.22. The Morgan fingerprint density at radius 3 is 2.85 bits per heavy atom. The van der Waals surface area contributed by atoms with Gasteiger partial charge in [0.05, 0.1) is 25.5 Å². The summed E-state index contributed by atoms with van der Waals surface area (Å²) in [7, 11) is 1.63. The normalized spacial score (nSPS) is 19.8. The van der Waals surface area contributed by atoms with Crippen LogP contribution < -0.4 is 15.0 Å². The topological polar surface area (TPSA) is 85.3 Å². The van der Waals surface area contributed by atoms with Crippen molar-refractivity contribution in [1.82, 2.24) is 19.9 Å². The molecular formula is C18H24N6O2.